The maximum absolute atomic E-state index is 12.8. The molecule has 1 aliphatic carbocycles. The van der Waals surface area contributed by atoms with Crippen LogP contribution >= 0.6 is 0 Å². The monoisotopic (exact) mass is 317 g/mol. The molecule has 2 fully saturated rings. The van der Waals surface area contributed by atoms with Crippen molar-refractivity contribution < 1.29 is 8.42 Å². The third-order valence-corrected chi connectivity index (χ3v) is 6.60. The van der Waals surface area contributed by atoms with Gasteiger partial charge in [-0.3, -0.25) is 0 Å². The molecule has 21 heavy (non-hydrogen) atoms. The fourth-order valence-corrected chi connectivity index (χ4v) is 4.73. The number of piperidine rings is 1. The zero-order valence-corrected chi connectivity index (χ0v) is 14.4. The van der Waals surface area contributed by atoms with Crippen molar-refractivity contribution in [2.45, 2.75) is 58.4 Å². The Morgan fingerprint density at radius 2 is 2.00 bits per heavy atom. The van der Waals surface area contributed by atoms with Crippen molar-refractivity contribution in [1.82, 2.24) is 13.9 Å². The molecular weight excluding hydrogens is 286 g/mol. The van der Waals surface area contributed by atoms with E-state index in [-0.39, 0.29) is 0 Å². The van der Waals surface area contributed by atoms with E-state index in [1.165, 1.54) is 12.8 Å². The highest BCUT2D eigenvalue weighted by atomic mass is 32.2. The molecule has 0 amide bonds. The Balaban J connectivity index is 1.90. The minimum atomic E-state index is -3.26. The molecule has 1 heterocycles. The topological polar surface area (TPSA) is 52.7 Å². The predicted octanol–water partition coefficient (Wildman–Crippen LogP) is 1.82. The first-order valence-corrected chi connectivity index (χ1v) is 9.96. The first kappa shape index (κ1) is 17.2. The Bertz CT molecular complexity index is 409. The largest absolute Gasteiger partial charge is 0.314 e. The quantitative estimate of drug-likeness (QED) is 0.706. The number of rotatable bonds is 9. The van der Waals surface area contributed by atoms with Gasteiger partial charge in [-0.1, -0.05) is 20.3 Å². The molecule has 5 nitrogen and oxygen atoms in total. The van der Waals surface area contributed by atoms with Crippen LogP contribution in [0.4, 0.5) is 0 Å². The van der Waals surface area contributed by atoms with Crippen LogP contribution in [-0.4, -0.2) is 55.8 Å². The van der Waals surface area contributed by atoms with Crippen LogP contribution in [0.3, 0.4) is 0 Å². The van der Waals surface area contributed by atoms with E-state index >= 15 is 0 Å². The van der Waals surface area contributed by atoms with Gasteiger partial charge in [-0.2, -0.15) is 17.0 Å². The molecule has 1 aliphatic heterocycles. The third kappa shape index (κ3) is 4.91. The zero-order valence-electron chi connectivity index (χ0n) is 13.6. The van der Waals surface area contributed by atoms with Gasteiger partial charge < -0.3 is 5.32 Å². The molecule has 0 spiro atoms. The number of nitrogens with zero attached hydrogens (tertiary/aromatic N) is 2. The Kier molecular flexibility index (Phi) is 6.47. The molecule has 1 N–H and O–H groups in total. The minimum absolute atomic E-state index is 0.471. The van der Waals surface area contributed by atoms with Gasteiger partial charge in [0.2, 0.25) is 0 Å². The van der Waals surface area contributed by atoms with E-state index in [1.54, 1.807) is 8.61 Å². The summed E-state index contributed by atoms with van der Waals surface area (Å²) in [7, 11) is -3.26. The summed E-state index contributed by atoms with van der Waals surface area (Å²) in [6.07, 6.45) is 6.67. The molecule has 0 aromatic carbocycles. The first-order valence-electron chi connectivity index (χ1n) is 8.56. The highest BCUT2D eigenvalue weighted by molar-refractivity contribution is 7.86. The highest BCUT2D eigenvalue weighted by Gasteiger charge is 2.33. The summed E-state index contributed by atoms with van der Waals surface area (Å²) in [6.45, 7) is 7.60. The SMILES string of the molecule is CCCCN(CC)S(=O)(=O)N1CCCC(CNC2CC2)C1. The van der Waals surface area contributed by atoms with Gasteiger partial charge in [0.05, 0.1) is 0 Å². The van der Waals surface area contributed by atoms with Crippen molar-refractivity contribution in [3.05, 3.63) is 0 Å². The highest BCUT2D eigenvalue weighted by Crippen LogP contribution is 2.23. The molecule has 2 rings (SSSR count). The standard InChI is InChI=1S/C15H31N3O2S/c1-3-5-10-17(4-2)21(19,20)18-11-6-7-14(13-18)12-16-15-8-9-15/h14-16H,3-13H2,1-2H3. The second-order valence-electron chi connectivity index (χ2n) is 6.40. The van der Waals surface area contributed by atoms with Crippen molar-refractivity contribution in [3.63, 3.8) is 0 Å². The van der Waals surface area contributed by atoms with Crippen molar-refractivity contribution in [3.8, 4) is 0 Å². The molecule has 0 aromatic rings. The Morgan fingerprint density at radius 1 is 1.24 bits per heavy atom. The van der Waals surface area contributed by atoms with E-state index in [2.05, 4.69) is 12.2 Å². The summed E-state index contributed by atoms with van der Waals surface area (Å²) >= 11 is 0. The molecule has 1 unspecified atom stereocenters. The molecule has 0 aromatic heterocycles. The summed E-state index contributed by atoms with van der Waals surface area (Å²) in [5.41, 5.74) is 0. The van der Waals surface area contributed by atoms with Crippen LogP contribution in [0.2, 0.25) is 0 Å². The molecule has 124 valence electrons. The average Bonchev–Trinajstić information content (AvgIpc) is 3.30. The lowest BCUT2D eigenvalue weighted by atomic mass is 10.00. The lowest BCUT2D eigenvalue weighted by Crippen LogP contribution is -2.49. The van der Waals surface area contributed by atoms with Gasteiger partial charge in [-0.25, -0.2) is 0 Å². The van der Waals surface area contributed by atoms with Crippen LogP contribution in [0.15, 0.2) is 0 Å². The van der Waals surface area contributed by atoms with Crippen LogP contribution < -0.4 is 5.32 Å². The summed E-state index contributed by atoms with van der Waals surface area (Å²) in [5, 5.41) is 3.54. The van der Waals surface area contributed by atoms with Crippen molar-refractivity contribution >= 4 is 10.2 Å². The van der Waals surface area contributed by atoms with Gasteiger partial charge >= 0.3 is 0 Å². The fraction of sp³-hybridized carbons (Fsp3) is 1.00. The van der Waals surface area contributed by atoms with E-state index in [1.807, 2.05) is 6.92 Å². The van der Waals surface area contributed by atoms with Gasteiger partial charge in [0.15, 0.2) is 0 Å². The number of hydrogen-bond acceptors (Lipinski definition) is 3. The summed E-state index contributed by atoms with van der Waals surface area (Å²) in [6, 6.07) is 0.702. The van der Waals surface area contributed by atoms with E-state index in [0.29, 0.717) is 38.1 Å². The molecule has 1 atom stereocenters. The first-order chi connectivity index (χ1) is 10.1. The van der Waals surface area contributed by atoms with Gasteiger partial charge in [-0.05, 0) is 44.6 Å². The van der Waals surface area contributed by atoms with E-state index < -0.39 is 10.2 Å². The number of hydrogen-bond donors (Lipinski definition) is 1. The lowest BCUT2D eigenvalue weighted by molar-refractivity contribution is 0.242. The van der Waals surface area contributed by atoms with Gasteiger partial charge in [0.1, 0.15) is 0 Å². The maximum Gasteiger partial charge on any atom is 0.281 e. The second-order valence-corrected chi connectivity index (χ2v) is 8.33. The van der Waals surface area contributed by atoms with Crippen LogP contribution in [0, 0.1) is 5.92 Å². The molecule has 0 radical (unpaired) electrons. The van der Waals surface area contributed by atoms with E-state index in [9.17, 15) is 8.42 Å². The van der Waals surface area contributed by atoms with Crippen LogP contribution in [-0.2, 0) is 10.2 Å². The zero-order chi connectivity index (χ0) is 15.3. The normalized spacial score (nSPS) is 24.6. The molecule has 6 heteroatoms. The van der Waals surface area contributed by atoms with Crippen molar-refractivity contribution in [2.24, 2.45) is 5.92 Å². The predicted molar refractivity (Wildman–Crippen MR) is 86.4 cm³/mol. The summed E-state index contributed by atoms with van der Waals surface area (Å²) < 4.78 is 28.9. The molecule has 1 saturated carbocycles. The summed E-state index contributed by atoms with van der Waals surface area (Å²) in [5.74, 6) is 0.471. The van der Waals surface area contributed by atoms with Crippen molar-refractivity contribution in [1.29, 1.82) is 0 Å². The van der Waals surface area contributed by atoms with Gasteiger partial charge in [0, 0.05) is 32.2 Å². The van der Waals surface area contributed by atoms with Crippen LogP contribution in [0.1, 0.15) is 52.4 Å². The minimum Gasteiger partial charge on any atom is -0.314 e. The Morgan fingerprint density at radius 3 is 2.62 bits per heavy atom. The second kappa shape index (κ2) is 7.90. The Hall–Kier alpha value is -0.170. The third-order valence-electron chi connectivity index (χ3n) is 4.52. The Labute approximate surface area is 130 Å². The lowest BCUT2D eigenvalue weighted by Gasteiger charge is -2.35. The molecule has 1 saturated heterocycles. The number of nitrogens with one attached hydrogen (secondary N) is 1. The maximum atomic E-state index is 12.8. The van der Waals surface area contributed by atoms with E-state index in [4.69, 9.17) is 0 Å². The fourth-order valence-electron chi connectivity index (χ4n) is 2.96. The smallest absolute Gasteiger partial charge is 0.281 e. The van der Waals surface area contributed by atoms with Gasteiger partial charge in [0.25, 0.3) is 10.2 Å². The summed E-state index contributed by atoms with van der Waals surface area (Å²) in [4.78, 5) is 0. The molecule has 0 bridgehead atoms. The van der Waals surface area contributed by atoms with Crippen molar-refractivity contribution in [2.75, 3.05) is 32.7 Å². The number of unbranched alkanes of at least 4 members (excludes halogenated alkanes) is 1. The molecule has 2 aliphatic rings. The average molecular weight is 317 g/mol. The van der Waals surface area contributed by atoms with Gasteiger partial charge in [-0.15, -0.1) is 0 Å². The van der Waals surface area contributed by atoms with Crippen LogP contribution in [0.5, 0.6) is 0 Å². The van der Waals surface area contributed by atoms with Crippen LogP contribution in [0.25, 0.3) is 0 Å². The molecular formula is C15H31N3O2S. The van der Waals surface area contributed by atoms with E-state index in [0.717, 1.165) is 32.2 Å².